The van der Waals surface area contributed by atoms with Crippen LogP contribution in [0.25, 0.3) is 0 Å². The van der Waals surface area contributed by atoms with E-state index in [1.807, 2.05) is 36.4 Å². The van der Waals surface area contributed by atoms with Crippen LogP contribution in [0.5, 0.6) is 11.5 Å². The van der Waals surface area contributed by atoms with Gasteiger partial charge in [-0.1, -0.05) is 28.1 Å². The maximum Gasteiger partial charge on any atom is 0.153 e. The van der Waals surface area contributed by atoms with Gasteiger partial charge in [0.05, 0.1) is 5.56 Å². The summed E-state index contributed by atoms with van der Waals surface area (Å²) in [6.07, 6.45) is 0. The SMILES string of the molecule is CN1CCN(C2=Nc3ccccc3Oc3ccc(Br)cc32)CC1. The molecule has 4 rings (SSSR count). The molecule has 2 heterocycles. The van der Waals surface area contributed by atoms with Gasteiger partial charge in [-0.2, -0.15) is 0 Å². The van der Waals surface area contributed by atoms with Crippen LogP contribution in [0.4, 0.5) is 5.69 Å². The minimum atomic E-state index is 0.806. The Bertz CT molecular complexity index is 767. The molecule has 0 atom stereocenters. The highest BCUT2D eigenvalue weighted by Crippen LogP contribution is 2.38. The molecule has 2 aliphatic heterocycles. The van der Waals surface area contributed by atoms with Gasteiger partial charge in [0.2, 0.25) is 0 Å². The quantitative estimate of drug-likeness (QED) is 0.703. The van der Waals surface area contributed by atoms with E-state index in [4.69, 9.17) is 9.73 Å². The van der Waals surface area contributed by atoms with Crippen molar-refractivity contribution < 1.29 is 4.74 Å². The predicted molar refractivity (Wildman–Crippen MR) is 95.9 cm³/mol. The van der Waals surface area contributed by atoms with Crippen LogP contribution in [0.3, 0.4) is 0 Å². The summed E-state index contributed by atoms with van der Waals surface area (Å²) in [4.78, 5) is 9.65. The van der Waals surface area contributed by atoms with E-state index in [2.05, 4.69) is 38.8 Å². The smallest absolute Gasteiger partial charge is 0.153 e. The van der Waals surface area contributed by atoms with Crippen LogP contribution in [-0.2, 0) is 0 Å². The van der Waals surface area contributed by atoms with Gasteiger partial charge in [-0.25, -0.2) is 4.99 Å². The van der Waals surface area contributed by atoms with E-state index in [1.54, 1.807) is 0 Å². The number of halogens is 1. The van der Waals surface area contributed by atoms with Crippen LogP contribution in [-0.4, -0.2) is 48.9 Å². The zero-order valence-corrected chi connectivity index (χ0v) is 14.6. The van der Waals surface area contributed by atoms with E-state index in [0.717, 1.165) is 59.2 Å². The lowest BCUT2D eigenvalue weighted by atomic mass is 10.1. The molecule has 4 nitrogen and oxygen atoms in total. The van der Waals surface area contributed by atoms with Gasteiger partial charge in [-0.05, 0) is 37.4 Å². The molecular weight excluding hydrogens is 354 g/mol. The Morgan fingerprint density at radius 1 is 1.00 bits per heavy atom. The summed E-state index contributed by atoms with van der Waals surface area (Å²) in [5, 5.41) is 0. The van der Waals surface area contributed by atoms with Crippen molar-refractivity contribution in [3.05, 3.63) is 52.5 Å². The number of hydrogen-bond acceptors (Lipinski definition) is 4. The van der Waals surface area contributed by atoms with E-state index >= 15 is 0 Å². The Morgan fingerprint density at radius 2 is 1.78 bits per heavy atom. The average Bonchev–Trinajstić information content (AvgIpc) is 2.72. The molecule has 23 heavy (non-hydrogen) atoms. The number of ether oxygens (including phenoxy) is 1. The van der Waals surface area contributed by atoms with Gasteiger partial charge < -0.3 is 14.5 Å². The summed E-state index contributed by atoms with van der Waals surface area (Å²) < 4.78 is 7.16. The van der Waals surface area contributed by atoms with Crippen molar-refractivity contribution >= 4 is 27.5 Å². The molecule has 0 bridgehead atoms. The minimum absolute atomic E-state index is 0.806. The van der Waals surface area contributed by atoms with Crippen LogP contribution in [0.1, 0.15) is 5.56 Å². The Morgan fingerprint density at radius 3 is 2.61 bits per heavy atom. The molecule has 0 radical (unpaired) electrons. The minimum Gasteiger partial charge on any atom is -0.454 e. The molecule has 0 saturated carbocycles. The molecule has 118 valence electrons. The predicted octanol–water partition coefficient (Wildman–Crippen LogP) is 3.88. The maximum atomic E-state index is 6.13. The molecule has 2 aliphatic rings. The summed E-state index contributed by atoms with van der Waals surface area (Å²) in [7, 11) is 2.16. The normalized spacial score (nSPS) is 17.7. The first-order chi connectivity index (χ1) is 11.2. The molecule has 0 spiro atoms. The van der Waals surface area contributed by atoms with Crippen LogP contribution in [0.2, 0.25) is 0 Å². The van der Waals surface area contributed by atoms with Gasteiger partial charge in [0, 0.05) is 30.7 Å². The average molecular weight is 372 g/mol. The topological polar surface area (TPSA) is 28.1 Å². The van der Waals surface area contributed by atoms with Crippen molar-refractivity contribution in [2.75, 3.05) is 33.2 Å². The highest BCUT2D eigenvalue weighted by Gasteiger charge is 2.25. The van der Waals surface area contributed by atoms with Crippen LogP contribution in [0, 0.1) is 0 Å². The number of likely N-dealkylation sites (N-methyl/N-ethyl adjacent to an activating group) is 1. The number of piperazine rings is 1. The third kappa shape index (κ3) is 2.86. The lowest BCUT2D eigenvalue weighted by Crippen LogP contribution is -2.47. The van der Waals surface area contributed by atoms with Crippen molar-refractivity contribution in [3.8, 4) is 11.5 Å². The summed E-state index contributed by atoms with van der Waals surface area (Å²) >= 11 is 3.57. The fraction of sp³-hybridized carbons (Fsp3) is 0.278. The number of fused-ring (bicyclic) bond motifs is 2. The Balaban J connectivity index is 1.84. The lowest BCUT2D eigenvalue weighted by Gasteiger charge is -2.34. The molecule has 0 unspecified atom stereocenters. The van der Waals surface area contributed by atoms with Crippen LogP contribution < -0.4 is 4.74 Å². The third-order valence-corrected chi connectivity index (χ3v) is 4.79. The summed E-state index contributed by atoms with van der Waals surface area (Å²) in [5.41, 5.74) is 1.92. The molecule has 0 aliphatic carbocycles. The Hall–Kier alpha value is -1.85. The highest BCUT2D eigenvalue weighted by atomic mass is 79.9. The summed E-state index contributed by atoms with van der Waals surface area (Å²) in [5.74, 6) is 2.66. The molecular formula is C18H18BrN3O. The third-order valence-electron chi connectivity index (χ3n) is 4.30. The molecule has 1 saturated heterocycles. The molecule has 2 aromatic rings. The second kappa shape index (κ2) is 5.98. The van der Waals surface area contributed by atoms with E-state index < -0.39 is 0 Å². The Kier molecular flexibility index (Phi) is 3.83. The number of aliphatic imine (C=N–C) groups is 1. The van der Waals surface area contributed by atoms with E-state index in [-0.39, 0.29) is 0 Å². The largest absolute Gasteiger partial charge is 0.454 e. The highest BCUT2D eigenvalue weighted by molar-refractivity contribution is 9.10. The molecule has 0 N–H and O–H groups in total. The fourth-order valence-corrected chi connectivity index (χ4v) is 3.31. The van der Waals surface area contributed by atoms with Crippen LogP contribution >= 0.6 is 15.9 Å². The molecule has 5 heteroatoms. The summed E-state index contributed by atoms with van der Waals surface area (Å²) in [6, 6.07) is 14.1. The molecule has 0 aromatic heterocycles. The molecule has 2 aromatic carbocycles. The van der Waals surface area contributed by atoms with Crippen LogP contribution in [0.15, 0.2) is 51.9 Å². The van der Waals surface area contributed by atoms with Gasteiger partial charge in [0.25, 0.3) is 0 Å². The second-order valence-electron chi connectivity index (χ2n) is 5.94. The summed E-state index contributed by atoms with van der Waals surface area (Å²) in [6.45, 7) is 4.04. The zero-order chi connectivity index (χ0) is 15.8. The number of benzene rings is 2. The first kappa shape index (κ1) is 14.7. The zero-order valence-electron chi connectivity index (χ0n) is 13.0. The maximum absolute atomic E-state index is 6.13. The standard InChI is InChI=1S/C18H18BrN3O/c1-21-8-10-22(11-9-21)18-14-12-13(19)6-7-16(14)23-17-5-3-2-4-15(17)20-18/h2-7,12H,8-11H2,1H3. The van der Waals surface area contributed by atoms with E-state index in [1.165, 1.54) is 0 Å². The number of hydrogen-bond donors (Lipinski definition) is 0. The number of amidine groups is 1. The number of para-hydroxylation sites is 2. The lowest BCUT2D eigenvalue weighted by molar-refractivity contribution is 0.215. The second-order valence-corrected chi connectivity index (χ2v) is 6.85. The first-order valence-corrected chi connectivity index (χ1v) is 8.59. The van der Waals surface area contributed by atoms with Crippen molar-refractivity contribution in [1.29, 1.82) is 0 Å². The van der Waals surface area contributed by atoms with Crippen molar-refractivity contribution in [3.63, 3.8) is 0 Å². The van der Waals surface area contributed by atoms with Crippen molar-refractivity contribution in [1.82, 2.24) is 9.80 Å². The van der Waals surface area contributed by atoms with Gasteiger partial charge in [0.15, 0.2) is 5.75 Å². The number of nitrogens with zero attached hydrogens (tertiary/aromatic N) is 3. The number of rotatable bonds is 0. The van der Waals surface area contributed by atoms with Crippen molar-refractivity contribution in [2.45, 2.75) is 0 Å². The molecule has 1 fully saturated rings. The van der Waals surface area contributed by atoms with Gasteiger partial charge in [0.1, 0.15) is 17.3 Å². The van der Waals surface area contributed by atoms with E-state index in [0.29, 0.717) is 0 Å². The van der Waals surface area contributed by atoms with Crippen molar-refractivity contribution in [2.24, 2.45) is 4.99 Å². The van der Waals surface area contributed by atoms with Gasteiger partial charge >= 0.3 is 0 Å². The first-order valence-electron chi connectivity index (χ1n) is 7.80. The Labute approximate surface area is 144 Å². The monoisotopic (exact) mass is 371 g/mol. The van der Waals surface area contributed by atoms with Gasteiger partial charge in [-0.3, -0.25) is 0 Å². The van der Waals surface area contributed by atoms with E-state index in [9.17, 15) is 0 Å². The fourth-order valence-electron chi connectivity index (χ4n) is 2.95. The van der Waals surface area contributed by atoms with Gasteiger partial charge in [-0.15, -0.1) is 0 Å². The molecule has 0 amide bonds.